The Balaban J connectivity index is 1.84. The maximum atomic E-state index is 11.7. The van der Waals surface area contributed by atoms with Crippen LogP contribution in [0.25, 0.3) is 0 Å². The highest BCUT2D eigenvalue weighted by Gasteiger charge is 2.05. The van der Waals surface area contributed by atoms with Crippen molar-refractivity contribution >= 4 is 11.7 Å². The highest BCUT2D eigenvalue weighted by Crippen LogP contribution is 2.15. The number of aliphatic hydroxyl groups excluding tert-OH is 1. The second kappa shape index (κ2) is 6.21. The van der Waals surface area contributed by atoms with Gasteiger partial charge in [-0.05, 0) is 31.5 Å². The molecule has 0 bridgehead atoms. The molecule has 6 nitrogen and oxygen atoms in total. The first-order chi connectivity index (χ1) is 9.54. The summed E-state index contributed by atoms with van der Waals surface area (Å²) in [5, 5.41) is 14.7. The van der Waals surface area contributed by atoms with Crippen LogP contribution in [0.15, 0.2) is 34.9 Å². The number of amides is 2. The molecule has 1 heterocycles. The number of carbonyl (C=O) groups excluding carboxylic acids is 1. The van der Waals surface area contributed by atoms with Gasteiger partial charge in [0.2, 0.25) is 5.89 Å². The van der Waals surface area contributed by atoms with Crippen LogP contribution in [-0.4, -0.2) is 16.1 Å². The van der Waals surface area contributed by atoms with Crippen molar-refractivity contribution in [1.82, 2.24) is 10.3 Å². The Labute approximate surface area is 116 Å². The van der Waals surface area contributed by atoms with Crippen molar-refractivity contribution in [2.75, 3.05) is 5.32 Å². The minimum absolute atomic E-state index is 0.228. The molecule has 0 fully saturated rings. The molecular weight excluding hydrogens is 258 g/mol. The van der Waals surface area contributed by atoms with Crippen LogP contribution in [0.5, 0.6) is 0 Å². The number of aromatic nitrogens is 1. The summed E-state index contributed by atoms with van der Waals surface area (Å²) in [7, 11) is 0. The van der Waals surface area contributed by atoms with Crippen molar-refractivity contribution in [2.45, 2.75) is 26.5 Å². The number of rotatable bonds is 4. The molecule has 3 N–H and O–H groups in total. The van der Waals surface area contributed by atoms with E-state index < -0.39 is 6.10 Å². The molecule has 1 atom stereocenters. The number of aryl methyl sites for hydroxylation is 1. The highest BCUT2D eigenvalue weighted by atomic mass is 16.4. The summed E-state index contributed by atoms with van der Waals surface area (Å²) < 4.78 is 5.24. The summed E-state index contributed by atoms with van der Waals surface area (Å²) in [5.74, 6) is 1.16. The number of aliphatic hydroxyl groups is 1. The van der Waals surface area contributed by atoms with Gasteiger partial charge in [-0.3, -0.25) is 0 Å². The van der Waals surface area contributed by atoms with Gasteiger partial charge in [0, 0.05) is 5.69 Å². The minimum atomic E-state index is -0.522. The molecule has 2 amide bonds. The maximum Gasteiger partial charge on any atom is 0.319 e. The van der Waals surface area contributed by atoms with E-state index >= 15 is 0 Å². The normalized spacial score (nSPS) is 11.9. The van der Waals surface area contributed by atoms with E-state index in [1.54, 1.807) is 44.3 Å². The number of urea groups is 1. The third-order valence-corrected chi connectivity index (χ3v) is 2.72. The predicted octanol–water partition coefficient (Wildman–Crippen LogP) is 2.36. The number of oxazole rings is 1. The lowest BCUT2D eigenvalue weighted by molar-refractivity contribution is 0.199. The number of nitrogens with one attached hydrogen (secondary N) is 2. The third kappa shape index (κ3) is 3.83. The second-order valence-corrected chi connectivity index (χ2v) is 4.47. The van der Waals surface area contributed by atoms with E-state index in [1.807, 2.05) is 0 Å². The van der Waals surface area contributed by atoms with Gasteiger partial charge in [-0.25, -0.2) is 9.78 Å². The number of hydrogen-bond acceptors (Lipinski definition) is 4. The van der Waals surface area contributed by atoms with Gasteiger partial charge in [0.1, 0.15) is 5.76 Å². The smallest absolute Gasteiger partial charge is 0.319 e. The monoisotopic (exact) mass is 275 g/mol. The average molecular weight is 275 g/mol. The molecule has 0 saturated heterocycles. The number of anilines is 1. The lowest BCUT2D eigenvalue weighted by atomic mass is 10.1. The number of benzene rings is 1. The van der Waals surface area contributed by atoms with Crippen molar-refractivity contribution in [2.24, 2.45) is 0 Å². The van der Waals surface area contributed by atoms with Crippen LogP contribution < -0.4 is 10.6 Å². The molecule has 0 aliphatic carbocycles. The van der Waals surface area contributed by atoms with E-state index in [4.69, 9.17) is 4.42 Å². The van der Waals surface area contributed by atoms with Gasteiger partial charge in [-0.1, -0.05) is 12.1 Å². The molecule has 1 unspecified atom stereocenters. The van der Waals surface area contributed by atoms with Crippen LogP contribution in [0.2, 0.25) is 0 Å². The Morgan fingerprint density at radius 2 is 2.10 bits per heavy atom. The van der Waals surface area contributed by atoms with Gasteiger partial charge >= 0.3 is 6.03 Å². The van der Waals surface area contributed by atoms with Crippen molar-refractivity contribution in [3.05, 3.63) is 47.7 Å². The Kier molecular flexibility index (Phi) is 4.37. The molecule has 0 saturated carbocycles. The van der Waals surface area contributed by atoms with Crippen LogP contribution in [0.3, 0.4) is 0 Å². The van der Waals surface area contributed by atoms with Gasteiger partial charge in [0.25, 0.3) is 0 Å². The molecule has 1 aromatic heterocycles. The van der Waals surface area contributed by atoms with Crippen LogP contribution in [0, 0.1) is 6.92 Å². The van der Waals surface area contributed by atoms with E-state index in [2.05, 4.69) is 15.6 Å². The summed E-state index contributed by atoms with van der Waals surface area (Å²) in [4.78, 5) is 15.7. The number of hydrogen-bond donors (Lipinski definition) is 3. The molecular formula is C14H17N3O3. The Bertz CT molecular complexity index is 576. The minimum Gasteiger partial charge on any atom is -0.444 e. The van der Waals surface area contributed by atoms with Crippen molar-refractivity contribution in [3.8, 4) is 0 Å². The largest absolute Gasteiger partial charge is 0.444 e. The van der Waals surface area contributed by atoms with Crippen LogP contribution >= 0.6 is 0 Å². The molecule has 1 aromatic carbocycles. The number of carbonyl (C=O) groups is 1. The zero-order valence-electron chi connectivity index (χ0n) is 11.4. The first kappa shape index (κ1) is 14.1. The Morgan fingerprint density at radius 3 is 2.65 bits per heavy atom. The van der Waals surface area contributed by atoms with Gasteiger partial charge in [0.05, 0.1) is 18.8 Å². The van der Waals surface area contributed by atoms with Crippen LogP contribution in [0.1, 0.15) is 30.2 Å². The Hall–Kier alpha value is -2.34. The topological polar surface area (TPSA) is 87.4 Å². The predicted molar refractivity (Wildman–Crippen MR) is 74.2 cm³/mol. The van der Waals surface area contributed by atoms with Crippen LogP contribution in [0.4, 0.5) is 10.5 Å². The zero-order valence-corrected chi connectivity index (χ0v) is 11.4. The second-order valence-electron chi connectivity index (χ2n) is 4.47. The van der Waals surface area contributed by atoms with E-state index in [-0.39, 0.29) is 12.6 Å². The van der Waals surface area contributed by atoms with Gasteiger partial charge < -0.3 is 20.2 Å². The summed E-state index contributed by atoms with van der Waals surface area (Å²) in [5.41, 5.74) is 1.45. The highest BCUT2D eigenvalue weighted by molar-refractivity contribution is 5.89. The van der Waals surface area contributed by atoms with Gasteiger partial charge in [-0.15, -0.1) is 0 Å². The molecule has 0 radical (unpaired) electrons. The van der Waals surface area contributed by atoms with E-state index in [1.165, 1.54) is 0 Å². The first-order valence-corrected chi connectivity index (χ1v) is 6.29. The quantitative estimate of drug-likeness (QED) is 0.799. The molecule has 106 valence electrons. The van der Waals surface area contributed by atoms with E-state index in [9.17, 15) is 9.90 Å². The zero-order chi connectivity index (χ0) is 14.5. The fraction of sp³-hybridized carbons (Fsp3) is 0.286. The standard InChI is InChI=1S/C14H17N3O3/c1-9-7-15-13(20-9)8-16-14(19)17-12-5-3-11(4-6-12)10(2)18/h3-7,10,18H,8H2,1-2H3,(H2,16,17,19). The molecule has 20 heavy (non-hydrogen) atoms. The molecule has 6 heteroatoms. The summed E-state index contributed by atoms with van der Waals surface area (Å²) in [6.45, 7) is 3.71. The number of nitrogens with zero attached hydrogens (tertiary/aromatic N) is 1. The molecule has 0 spiro atoms. The Morgan fingerprint density at radius 1 is 1.40 bits per heavy atom. The molecule has 0 aliphatic heterocycles. The molecule has 0 aliphatic rings. The SMILES string of the molecule is Cc1cnc(CNC(=O)Nc2ccc(C(C)O)cc2)o1. The van der Waals surface area contributed by atoms with Crippen molar-refractivity contribution in [1.29, 1.82) is 0 Å². The van der Waals surface area contributed by atoms with Crippen LogP contribution in [-0.2, 0) is 6.54 Å². The fourth-order valence-corrected chi connectivity index (χ4v) is 1.66. The van der Waals surface area contributed by atoms with Gasteiger partial charge in [-0.2, -0.15) is 0 Å². The van der Waals surface area contributed by atoms with E-state index in [0.29, 0.717) is 17.3 Å². The first-order valence-electron chi connectivity index (χ1n) is 6.29. The fourth-order valence-electron chi connectivity index (χ4n) is 1.66. The van der Waals surface area contributed by atoms with Crippen molar-refractivity contribution in [3.63, 3.8) is 0 Å². The summed E-state index contributed by atoms with van der Waals surface area (Å²) in [6, 6.07) is 6.65. The van der Waals surface area contributed by atoms with Crippen molar-refractivity contribution < 1.29 is 14.3 Å². The molecule has 2 aromatic rings. The third-order valence-electron chi connectivity index (χ3n) is 2.72. The maximum absolute atomic E-state index is 11.7. The van der Waals surface area contributed by atoms with Gasteiger partial charge in [0.15, 0.2) is 0 Å². The lowest BCUT2D eigenvalue weighted by Crippen LogP contribution is -2.28. The average Bonchev–Trinajstić information content (AvgIpc) is 2.83. The summed E-state index contributed by atoms with van der Waals surface area (Å²) >= 11 is 0. The summed E-state index contributed by atoms with van der Waals surface area (Å²) in [6.07, 6.45) is 1.08. The molecule has 2 rings (SSSR count). The lowest BCUT2D eigenvalue weighted by Gasteiger charge is -2.08. The van der Waals surface area contributed by atoms with E-state index in [0.717, 1.165) is 5.56 Å².